The largest absolute Gasteiger partial charge is 0.494 e. The number of aliphatic imine (C=N–C) groups is 1. The Morgan fingerprint density at radius 3 is 2.23 bits per heavy atom. The van der Waals surface area contributed by atoms with Crippen molar-refractivity contribution in [3.8, 4) is 17.1 Å². The first-order chi connectivity index (χ1) is 14.6. The summed E-state index contributed by atoms with van der Waals surface area (Å²) in [6.07, 6.45) is 0. The summed E-state index contributed by atoms with van der Waals surface area (Å²) in [6.45, 7) is 3.45. The first-order valence-electron chi connectivity index (χ1n) is 9.79. The van der Waals surface area contributed by atoms with Crippen molar-refractivity contribution in [1.29, 1.82) is 0 Å². The highest BCUT2D eigenvalue weighted by Gasteiger charge is 2.45. The van der Waals surface area contributed by atoms with Gasteiger partial charge in [0, 0.05) is 26.8 Å². The molecule has 3 aliphatic heterocycles. The van der Waals surface area contributed by atoms with Gasteiger partial charge < -0.3 is 19.5 Å². The number of aromatic nitrogens is 1. The number of aromatic hydroxyl groups is 1. The maximum atomic E-state index is 12.9. The number of fused-ring (bicyclic) bond motifs is 2. The molecule has 0 bridgehead atoms. The number of amides is 3. The first kappa shape index (κ1) is 19.0. The van der Waals surface area contributed by atoms with E-state index in [-0.39, 0.29) is 17.7 Å². The monoisotopic (exact) mass is 416 g/mol. The van der Waals surface area contributed by atoms with Crippen molar-refractivity contribution in [3.05, 3.63) is 57.8 Å². The number of hydrogen-bond acceptors (Lipinski definition) is 4. The molecule has 2 aromatic rings. The lowest BCUT2D eigenvalue weighted by Crippen LogP contribution is -2.24. The predicted molar refractivity (Wildman–Crippen MR) is 114 cm³/mol. The van der Waals surface area contributed by atoms with Gasteiger partial charge in [-0.1, -0.05) is 18.2 Å². The molecule has 0 saturated carbocycles. The third kappa shape index (κ3) is 2.24. The van der Waals surface area contributed by atoms with Crippen molar-refractivity contribution in [2.45, 2.75) is 13.8 Å². The molecule has 1 aromatic heterocycles. The fourth-order valence-corrected chi connectivity index (χ4v) is 4.67. The number of likely N-dealkylation sites (N-methyl/N-ethyl adjacent to an activating group) is 2. The standard InChI is InChI=1S/C23H20N4O4/c1-10-14-16(20(28)24-10)18(26(4)21(14)29)12-7-6-8-13(9-12)19-17-15(22(30)27(19)5)11(2)25(3)23(17)31/h6-9,29H,1-5H3. The van der Waals surface area contributed by atoms with Crippen molar-refractivity contribution in [3.63, 3.8) is 0 Å². The van der Waals surface area contributed by atoms with Crippen molar-refractivity contribution >= 4 is 29.1 Å². The van der Waals surface area contributed by atoms with Gasteiger partial charge in [0.2, 0.25) is 5.88 Å². The molecule has 0 radical (unpaired) electrons. The quantitative estimate of drug-likeness (QED) is 0.813. The lowest BCUT2D eigenvalue weighted by atomic mass is 9.99. The van der Waals surface area contributed by atoms with Crippen LogP contribution in [0.15, 0.2) is 46.1 Å². The van der Waals surface area contributed by atoms with Crippen LogP contribution >= 0.6 is 0 Å². The molecule has 3 amide bonds. The lowest BCUT2D eigenvalue weighted by molar-refractivity contribution is -0.123. The molecule has 4 heterocycles. The van der Waals surface area contributed by atoms with Gasteiger partial charge >= 0.3 is 0 Å². The summed E-state index contributed by atoms with van der Waals surface area (Å²) < 4.78 is 1.56. The van der Waals surface area contributed by atoms with Crippen LogP contribution in [0.5, 0.6) is 5.88 Å². The van der Waals surface area contributed by atoms with Crippen LogP contribution in [0.1, 0.15) is 35.3 Å². The molecular formula is C23H20N4O4. The van der Waals surface area contributed by atoms with E-state index in [1.54, 1.807) is 45.6 Å². The van der Waals surface area contributed by atoms with Gasteiger partial charge in [0.05, 0.1) is 39.4 Å². The highest BCUT2D eigenvalue weighted by atomic mass is 16.3. The molecule has 5 rings (SSSR count). The van der Waals surface area contributed by atoms with Crippen LogP contribution in [0.3, 0.4) is 0 Å². The minimum atomic E-state index is -0.396. The number of carbonyl (C=O) groups excluding carboxylic acids is 3. The summed E-state index contributed by atoms with van der Waals surface area (Å²) in [5, 5.41) is 10.6. The average molecular weight is 416 g/mol. The number of hydrogen-bond donors (Lipinski definition) is 1. The second kappa shape index (κ2) is 6.04. The molecule has 0 spiro atoms. The van der Waals surface area contributed by atoms with E-state index in [4.69, 9.17) is 0 Å². The van der Waals surface area contributed by atoms with E-state index in [0.717, 1.165) is 0 Å². The molecule has 0 aliphatic carbocycles. The lowest BCUT2D eigenvalue weighted by Gasteiger charge is -2.19. The molecule has 0 fully saturated rings. The van der Waals surface area contributed by atoms with Crippen LogP contribution in [0.4, 0.5) is 0 Å². The number of allylic oxidation sites excluding steroid dienone is 1. The molecule has 0 atom stereocenters. The fourth-order valence-electron chi connectivity index (χ4n) is 4.67. The molecule has 31 heavy (non-hydrogen) atoms. The summed E-state index contributed by atoms with van der Waals surface area (Å²) >= 11 is 0. The highest BCUT2D eigenvalue weighted by molar-refractivity contribution is 6.26. The predicted octanol–water partition coefficient (Wildman–Crippen LogP) is 2.29. The molecule has 0 unspecified atom stereocenters. The van der Waals surface area contributed by atoms with Crippen LogP contribution in [0, 0.1) is 0 Å². The molecule has 0 saturated heterocycles. The third-order valence-electron chi connectivity index (χ3n) is 6.34. The van der Waals surface area contributed by atoms with Crippen LogP contribution in [0.2, 0.25) is 0 Å². The summed E-state index contributed by atoms with van der Waals surface area (Å²) in [6, 6.07) is 7.28. The average Bonchev–Trinajstić information content (AvgIpc) is 3.35. The Labute approximate surface area is 178 Å². The van der Waals surface area contributed by atoms with Crippen LogP contribution in [-0.2, 0) is 16.6 Å². The van der Waals surface area contributed by atoms with Gasteiger partial charge in [-0.15, -0.1) is 0 Å². The van der Waals surface area contributed by atoms with E-state index in [2.05, 4.69) is 4.99 Å². The molecule has 3 aliphatic rings. The Bertz CT molecular complexity index is 1360. The second-order valence-electron chi connectivity index (χ2n) is 7.98. The first-order valence-corrected chi connectivity index (χ1v) is 9.79. The highest BCUT2D eigenvalue weighted by Crippen LogP contribution is 2.44. The SMILES string of the molecule is CC1=NC(=O)c2c1c(O)n(C)c2-c1cccc(C2=C3C(=O)N(C)C(C)=C3C(=O)N2C)c1. The Morgan fingerprint density at radius 1 is 0.871 bits per heavy atom. The van der Waals surface area contributed by atoms with Gasteiger partial charge in [-0.2, -0.15) is 0 Å². The van der Waals surface area contributed by atoms with E-state index in [9.17, 15) is 19.5 Å². The fraction of sp³-hybridized carbons (Fsp3) is 0.217. The van der Waals surface area contributed by atoms with E-state index in [1.165, 1.54) is 9.80 Å². The topological polar surface area (TPSA) is 95.2 Å². The van der Waals surface area contributed by atoms with E-state index < -0.39 is 5.91 Å². The Kier molecular flexibility index (Phi) is 3.71. The molecule has 156 valence electrons. The normalized spacial score (nSPS) is 18.0. The zero-order chi connectivity index (χ0) is 22.4. The molecule has 1 N–H and O–H groups in total. The minimum Gasteiger partial charge on any atom is -0.494 e. The second-order valence-corrected chi connectivity index (χ2v) is 7.98. The minimum absolute atomic E-state index is 0.0221. The van der Waals surface area contributed by atoms with Crippen LogP contribution in [-0.4, -0.2) is 57.0 Å². The Balaban J connectivity index is 1.73. The number of rotatable bonds is 2. The summed E-state index contributed by atoms with van der Waals surface area (Å²) in [5.74, 6) is -0.858. The van der Waals surface area contributed by atoms with Crippen molar-refractivity contribution < 1.29 is 19.5 Å². The van der Waals surface area contributed by atoms with Crippen molar-refractivity contribution in [2.75, 3.05) is 14.1 Å². The zero-order valence-corrected chi connectivity index (χ0v) is 17.8. The molecule has 1 aromatic carbocycles. The zero-order valence-electron chi connectivity index (χ0n) is 17.8. The van der Waals surface area contributed by atoms with Gasteiger partial charge in [-0.25, -0.2) is 4.99 Å². The number of nitrogens with zero attached hydrogens (tertiary/aromatic N) is 4. The van der Waals surface area contributed by atoms with Gasteiger partial charge in [-0.05, 0) is 31.0 Å². The van der Waals surface area contributed by atoms with E-state index in [1.807, 2.05) is 18.2 Å². The van der Waals surface area contributed by atoms with Gasteiger partial charge in [0.1, 0.15) is 0 Å². The van der Waals surface area contributed by atoms with Gasteiger partial charge in [-0.3, -0.25) is 14.4 Å². The number of benzene rings is 1. The summed E-state index contributed by atoms with van der Waals surface area (Å²) in [7, 11) is 4.99. The molecule has 8 heteroatoms. The van der Waals surface area contributed by atoms with Gasteiger partial charge in [0.25, 0.3) is 17.7 Å². The summed E-state index contributed by atoms with van der Waals surface area (Å²) in [4.78, 5) is 45.2. The maximum Gasteiger partial charge on any atom is 0.280 e. The maximum absolute atomic E-state index is 12.9. The third-order valence-corrected chi connectivity index (χ3v) is 6.34. The molecular weight excluding hydrogens is 396 g/mol. The van der Waals surface area contributed by atoms with Crippen molar-refractivity contribution in [2.24, 2.45) is 12.0 Å². The number of carbonyl (C=O) groups is 3. The van der Waals surface area contributed by atoms with E-state index in [0.29, 0.717) is 56.2 Å². The van der Waals surface area contributed by atoms with Crippen LogP contribution < -0.4 is 0 Å². The Hall–Kier alpha value is -3.94. The van der Waals surface area contributed by atoms with Gasteiger partial charge in [0.15, 0.2) is 0 Å². The van der Waals surface area contributed by atoms with E-state index >= 15 is 0 Å². The Morgan fingerprint density at radius 2 is 1.52 bits per heavy atom. The summed E-state index contributed by atoms with van der Waals surface area (Å²) in [5.41, 5.74) is 5.14. The van der Waals surface area contributed by atoms with Crippen LogP contribution in [0.25, 0.3) is 17.0 Å². The smallest absolute Gasteiger partial charge is 0.280 e. The molecule has 8 nitrogen and oxygen atoms in total. The van der Waals surface area contributed by atoms with Crippen molar-refractivity contribution in [1.82, 2.24) is 14.4 Å².